The maximum atomic E-state index is 12.0. The summed E-state index contributed by atoms with van der Waals surface area (Å²) >= 11 is 0. The van der Waals surface area contributed by atoms with Gasteiger partial charge in [0.15, 0.2) is 5.96 Å². The molecular weight excluding hydrogens is 451 g/mol. The van der Waals surface area contributed by atoms with Crippen molar-refractivity contribution in [2.45, 2.75) is 19.4 Å². The zero-order valence-corrected chi connectivity index (χ0v) is 18.0. The third-order valence-electron chi connectivity index (χ3n) is 4.60. The van der Waals surface area contributed by atoms with E-state index in [1.807, 2.05) is 37.4 Å². The molecule has 0 saturated carbocycles. The van der Waals surface area contributed by atoms with Crippen LogP contribution in [0, 0.1) is 0 Å². The van der Waals surface area contributed by atoms with Crippen molar-refractivity contribution in [1.29, 1.82) is 0 Å². The third-order valence-corrected chi connectivity index (χ3v) is 4.60. The Morgan fingerprint density at radius 3 is 2.41 bits per heavy atom. The normalized spacial score (nSPS) is 13.4. The number of guanidine groups is 1. The van der Waals surface area contributed by atoms with Gasteiger partial charge in [-0.3, -0.25) is 9.79 Å². The van der Waals surface area contributed by atoms with E-state index in [-0.39, 0.29) is 29.9 Å². The number of rotatable bonds is 5. The highest BCUT2D eigenvalue weighted by Gasteiger charge is 2.18. The summed E-state index contributed by atoms with van der Waals surface area (Å²) < 4.78 is 0. The quantitative estimate of drug-likeness (QED) is 0.301. The summed E-state index contributed by atoms with van der Waals surface area (Å²) in [6.07, 6.45) is 1.89. The lowest BCUT2D eigenvalue weighted by atomic mass is 10.0. The summed E-state index contributed by atoms with van der Waals surface area (Å²) in [7, 11) is 1.82. The Labute approximate surface area is 178 Å². The van der Waals surface area contributed by atoms with E-state index < -0.39 is 0 Å². The van der Waals surface area contributed by atoms with Crippen LogP contribution in [0.25, 0.3) is 0 Å². The van der Waals surface area contributed by atoms with Crippen LogP contribution < -0.4 is 10.6 Å². The van der Waals surface area contributed by atoms with Crippen LogP contribution in [-0.2, 0) is 13.0 Å². The van der Waals surface area contributed by atoms with Gasteiger partial charge in [0.25, 0.3) is 5.91 Å². The third kappa shape index (κ3) is 5.95. The fourth-order valence-electron chi connectivity index (χ4n) is 3.19. The van der Waals surface area contributed by atoms with Crippen LogP contribution in [0.1, 0.15) is 27.9 Å². The van der Waals surface area contributed by atoms with Gasteiger partial charge in [0.2, 0.25) is 0 Å². The number of hydrogen-bond donors (Lipinski definition) is 2. The first-order chi connectivity index (χ1) is 12.8. The molecule has 0 aliphatic carbocycles. The molecule has 0 radical (unpaired) electrons. The number of hydrogen-bond acceptors (Lipinski definition) is 2. The van der Waals surface area contributed by atoms with Crippen LogP contribution in [0.2, 0.25) is 0 Å². The molecule has 2 aromatic rings. The molecule has 6 heteroatoms. The summed E-state index contributed by atoms with van der Waals surface area (Å²) in [5.74, 6) is 0.900. The van der Waals surface area contributed by atoms with Gasteiger partial charge in [0.05, 0.1) is 0 Å². The molecule has 3 rings (SSSR count). The molecule has 1 aliphatic rings. The lowest BCUT2D eigenvalue weighted by Crippen LogP contribution is -2.44. The summed E-state index contributed by atoms with van der Waals surface area (Å²) in [4.78, 5) is 18.7. The van der Waals surface area contributed by atoms with Crippen molar-refractivity contribution in [3.63, 3.8) is 0 Å². The van der Waals surface area contributed by atoms with Crippen LogP contribution >= 0.6 is 24.0 Å². The van der Waals surface area contributed by atoms with Gasteiger partial charge in [-0.25, -0.2) is 0 Å². The van der Waals surface area contributed by atoms with Crippen molar-refractivity contribution in [2.24, 2.45) is 4.99 Å². The predicted molar refractivity (Wildman–Crippen MR) is 121 cm³/mol. The second kappa shape index (κ2) is 10.9. The number of amides is 1. The molecule has 27 heavy (non-hydrogen) atoms. The van der Waals surface area contributed by atoms with Crippen molar-refractivity contribution in [3.8, 4) is 0 Å². The molecule has 144 valence electrons. The lowest BCUT2D eigenvalue weighted by molar-refractivity contribution is 0.0953. The number of carbonyl (C=O) groups is 1. The summed E-state index contributed by atoms with van der Waals surface area (Å²) in [6, 6.07) is 17.9. The fraction of sp³-hybridized carbons (Fsp3) is 0.333. The van der Waals surface area contributed by atoms with Gasteiger partial charge >= 0.3 is 0 Å². The maximum absolute atomic E-state index is 12.0. The van der Waals surface area contributed by atoms with Gasteiger partial charge in [-0.2, -0.15) is 0 Å². The Bertz CT molecular complexity index is 764. The van der Waals surface area contributed by atoms with E-state index in [1.165, 1.54) is 11.1 Å². The minimum absolute atomic E-state index is 0. The zero-order valence-electron chi connectivity index (χ0n) is 15.6. The predicted octanol–water partition coefficient (Wildman–Crippen LogP) is 3.06. The monoisotopic (exact) mass is 478 g/mol. The molecule has 0 spiro atoms. The molecule has 2 aromatic carbocycles. The lowest BCUT2D eigenvalue weighted by Gasteiger charge is -2.31. The topological polar surface area (TPSA) is 56.7 Å². The Morgan fingerprint density at radius 1 is 1.00 bits per heavy atom. The van der Waals surface area contributed by atoms with Crippen LogP contribution in [0.5, 0.6) is 0 Å². The molecular formula is C21H27IN4O. The van der Waals surface area contributed by atoms with Crippen molar-refractivity contribution < 1.29 is 4.79 Å². The molecule has 1 amide bonds. The Kier molecular flexibility index (Phi) is 8.57. The standard InChI is InChI=1S/C21H26N4O.HI/c1-22-21(25-15-12-17-8-5-6-11-19(17)16-25)24-14-7-13-23-20(26)18-9-3-2-4-10-18;/h2-6,8-11H,7,12-16H2,1H3,(H,22,24)(H,23,26);1H. The summed E-state index contributed by atoms with van der Waals surface area (Å²) in [5, 5.41) is 6.36. The first-order valence-electron chi connectivity index (χ1n) is 9.13. The average molecular weight is 478 g/mol. The molecule has 0 aromatic heterocycles. The van der Waals surface area contributed by atoms with Gasteiger partial charge in [-0.1, -0.05) is 42.5 Å². The number of halogens is 1. The molecule has 1 aliphatic heterocycles. The van der Waals surface area contributed by atoms with E-state index in [4.69, 9.17) is 0 Å². The van der Waals surface area contributed by atoms with E-state index in [0.29, 0.717) is 12.1 Å². The van der Waals surface area contributed by atoms with Gasteiger partial charge in [0.1, 0.15) is 0 Å². The minimum Gasteiger partial charge on any atom is -0.356 e. The number of nitrogens with zero attached hydrogens (tertiary/aromatic N) is 2. The highest BCUT2D eigenvalue weighted by molar-refractivity contribution is 14.0. The molecule has 0 bridgehead atoms. The van der Waals surface area contributed by atoms with Crippen molar-refractivity contribution >= 4 is 35.8 Å². The van der Waals surface area contributed by atoms with E-state index >= 15 is 0 Å². The molecule has 1 heterocycles. The molecule has 2 N–H and O–H groups in total. The number of benzene rings is 2. The van der Waals surface area contributed by atoms with Crippen molar-refractivity contribution in [3.05, 3.63) is 71.3 Å². The fourth-order valence-corrected chi connectivity index (χ4v) is 3.19. The number of carbonyl (C=O) groups excluding carboxylic acids is 1. The summed E-state index contributed by atoms with van der Waals surface area (Å²) in [5.41, 5.74) is 3.50. The first kappa shape index (κ1) is 21.2. The number of fused-ring (bicyclic) bond motifs is 1. The summed E-state index contributed by atoms with van der Waals surface area (Å²) in [6.45, 7) is 3.28. The Morgan fingerprint density at radius 2 is 1.67 bits per heavy atom. The van der Waals surface area contributed by atoms with Crippen molar-refractivity contribution in [2.75, 3.05) is 26.7 Å². The molecule has 0 fully saturated rings. The van der Waals surface area contributed by atoms with E-state index in [2.05, 4.69) is 44.8 Å². The van der Waals surface area contributed by atoms with Gasteiger partial charge in [-0.15, -0.1) is 24.0 Å². The van der Waals surface area contributed by atoms with Crippen molar-refractivity contribution in [1.82, 2.24) is 15.5 Å². The number of aliphatic imine (C=N–C) groups is 1. The molecule has 0 unspecified atom stereocenters. The smallest absolute Gasteiger partial charge is 0.251 e. The van der Waals surface area contributed by atoms with Crippen LogP contribution in [-0.4, -0.2) is 43.4 Å². The minimum atomic E-state index is -0.0254. The highest BCUT2D eigenvalue weighted by atomic mass is 127. The Hall–Kier alpha value is -2.09. The second-order valence-electron chi connectivity index (χ2n) is 6.39. The van der Waals surface area contributed by atoms with Crippen LogP contribution in [0.4, 0.5) is 0 Å². The molecule has 0 atom stereocenters. The molecule has 0 saturated heterocycles. The average Bonchev–Trinajstić information content (AvgIpc) is 2.71. The van der Waals surface area contributed by atoms with Crippen LogP contribution in [0.3, 0.4) is 0 Å². The van der Waals surface area contributed by atoms with E-state index in [9.17, 15) is 4.79 Å². The first-order valence-corrected chi connectivity index (χ1v) is 9.13. The van der Waals surface area contributed by atoms with Gasteiger partial charge < -0.3 is 15.5 Å². The molecule has 5 nitrogen and oxygen atoms in total. The van der Waals surface area contributed by atoms with Crippen LogP contribution in [0.15, 0.2) is 59.6 Å². The van der Waals surface area contributed by atoms with E-state index in [0.717, 1.165) is 38.4 Å². The maximum Gasteiger partial charge on any atom is 0.251 e. The largest absolute Gasteiger partial charge is 0.356 e. The highest BCUT2D eigenvalue weighted by Crippen LogP contribution is 2.18. The Balaban J connectivity index is 0.00000261. The second-order valence-corrected chi connectivity index (χ2v) is 6.39. The van der Waals surface area contributed by atoms with Gasteiger partial charge in [-0.05, 0) is 36.1 Å². The zero-order chi connectivity index (χ0) is 18.2. The SMILES string of the molecule is CN=C(NCCCNC(=O)c1ccccc1)N1CCc2ccccc2C1.I. The van der Waals surface area contributed by atoms with E-state index in [1.54, 1.807) is 0 Å². The van der Waals surface area contributed by atoms with Gasteiger partial charge in [0, 0.05) is 38.8 Å². The number of nitrogens with one attached hydrogen (secondary N) is 2.